The summed E-state index contributed by atoms with van der Waals surface area (Å²) in [6, 6.07) is 3.07. The summed E-state index contributed by atoms with van der Waals surface area (Å²) in [6.45, 7) is 3.08. The van der Waals surface area contributed by atoms with Crippen LogP contribution >= 0.6 is 0 Å². The van der Waals surface area contributed by atoms with E-state index in [1.54, 1.807) is 17.2 Å². The fourth-order valence-electron chi connectivity index (χ4n) is 5.50. The first-order valence-corrected chi connectivity index (χ1v) is 14.6. The van der Waals surface area contributed by atoms with E-state index < -0.39 is 48.8 Å². The topological polar surface area (TPSA) is 235 Å². The van der Waals surface area contributed by atoms with Gasteiger partial charge in [-0.15, -0.1) is 0 Å². The van der Waals surface area contributed by atoms with Gasteiger partial charge >= 0.3 is 18.1 Å². The number of aromatic nitrogens is 3. The third-order valence-electron chi connectivity index (χ3n) is 8.44. The summed E-state index contributed by atoms with van der Waals surface area (Å²) < 4.78 is 11.3. The third kappa shape index (κ3) is 6.97. The first-order chi connectivity index (χ1) is 21.8. The Bertz CT molecular complexity index is 1500. The van der Waals surface area contributed by atoms with E-state index in [0.29, 0.717) is 29.9 Å². The average Bonchev–Trinajstić information content (AvgIpc) is 3.47. The molecular weight excluding hydrogens is 608 g/mol. The molecule has 7 atom stereocenters. The first kappa shape index (κ1) is 34.3. The molecule has 0 aliphatic carbocycles. The highest BCUT2D eigenvalue weighted by Gasteiger charge is 2.48. The standard InChI is InChI=1S/C28H38N8O10/c1-15-6-9-35(18(37)5-8-29)13-17(15)34(4)23-16-7-10-36(24(16)31-14-30-23)27(43)32(2)11-12-33(3)28(44)46-26-21(40)19(38)20(39)22(45-26)25(41)42/h7,10,14-15,17,19-22,26,38-40H,5-6,9,11-13H2,1-4H3,(H,41,42)/t15-,17+,19+,20+,21-,22+,26+/m1/s1. The van der Waals surface area contributed by atoms with Crippen molar-refractivity contribution in [2.75, 3.05) is 52.2 Å². The predicted molar refractivity (Wildman–Crippen MR) is 157 cm³/mol. The SMILES string of the molecule is C[C@@H]1CCN(C(=O)CC#N)C[C@@H]1N(C)c1ncnc2c1ccn2C(=O)N(C)CCN(C)C(=O)O[C@@H]1O[C@H](C(=O)O)[C@@H](O)[C@H](O)[C@H]1O. The number of likely N-dealkylation sites (N-methyl/N-ethyl adjacent to an activating group) is 3. The lowest BCUT2D eigenvalue weighted by atomic mass is 9.92. The molecule has 2 fully saturated rings. The lowest BCUT2D eigenvalue weighted by Gasteiger charge is -2.42. The van der Waals surface area contributed by atoms with Crippen molar-refractivity contribution < 1.29 is 49.1 Å². The molecule has 2 aliphatic rings. The van der Waals surface area contributed by atoms with Crippen LogP contribution in [0.25, 0.3) is 11.0 Å². The Morgan fingerprint density at radius 2 is 1.78 bits per heavy atom. The highest BCUT2D eigenvalue weighted by Crippen LogP contribution is 2.30. The van der Waals surface area contributed by atoms with Crippen LogP contribution in [0.5, 0.6) is 0 Å². The number of carbonyl (C=O) groups is 4. The van der Waals surface area contributed by atoms with Crippen LogP contribution in [0, 0.1) is 17.2 Å². The Balaban J connectivity index is 1.40. The van der Waals surface area contributed by atoms with Crippen molar-refractivity contribution in [3.63, 3.8) is 0 Å². The van der Waals surface area contributed by atoms with Gasteiger partial charge < -0.3 is 49.5 Å². The quantitative estimate of drug-likeness (QED) is 0.266. The van der Waals surface area contributed by atoms with Crippen LogP contribution in [0.3, 0.4) is 0 Å². The molecule has 2 saturated heterocycles. The number of fused-ring (bicyclic) bond motifs is 1. The van der Waals surface area contributed by atoms with Gasteiger partial charge in [0.15, 0.2) is 11.8 Å². The largest absolute Gasteiger partial charge is 0.479 e. The van der Waals surface area contributed by atoms with E-state index in [9.17, 15) is 39.6 Å². The zero-order valence-corrected chi connectivity index (χ0v) is 25.8. The number of aliphatic carboxylic acids is 1. The summed E-state index contributed by atoms with van der Waals surface area (Å²) in [6.07, 6.45) is -7.09. The number of aliphatic hydroxyl groups is 3. The summed E-state index contributed by atoms with van der Waals surface area (Å²) in [5.74, 6) is -1.04. The van der Waals surface area contributed by atoms with Gasteiger partial charge in [-0.3, -0.25) is 9.36 Å². The van der Waals surface area contributed by atoms with Crippen LogP contribution in [0.4, 0.5) is 15.4 Å². The van der Waals surface area contributed by atoms with Crippen molar-refractivity contribution in [3.05, 3.63) is 18.6 Å². The number of amides is 3. The molecule has 250 valence electrons. The molecule has 0 unspecified atom stereocenters. The van der Waals surface area contributed by atoms with Crippen LogP contribution in [0.2, 0.25) is 0 Å². The number of nitriles is 1. The number of anilines is 1. The highest BCUT2D eigenvalue weighted by molar-refractivity contribution is 5.95. The van der Waals surface area contributed by atoms with E-state index >= 15 is 0 Å². The Labute approximate surface area is 263 Å². The maximum Gasteiger partial charge on any atom is 0.411 e. The second kappa shape index (κ2) is 14.2. The highest BCUT2D eigenvalue weighted by atomic mass is 16.7. The van der Waals surface area contributed by atoms with Crippen LogP contribution in [0.1, 0.15) is 19.8 Å². The van der Waals surface area contributed by atoms with Gasteiger partial charge in [0.25, 0.3) is 0 Å². The smallest absolute Gasteiger partial charge is 0.411 e. The number of carboxylic acids is 1. The summed E-state index contributed by atoms with van der Waals surface area (Å²) in [5, 5.41) is 48.6. The number of ether oxygens (including phenoxy) is 2. The number of piperidine rings is 1. The summed E-state index contributed by atoms with van der Waals surface area (Å²) >= 11 is 0. The van der Waals surface area contributed by atoms with E-state index in [1.807, 2.05) is 18.0 Å². The molecule has 0 saturated carbocycles. The normalized spacial score (nSPS) is 26.2. The van der Waals surface area contributed by atoms with Gasteiger partial charge in [-0.25, -0.2) is 24.4 Å². The van der Waals surface area contributed by atoms with Crippen molar-refractivity contribution in [3.8, 4) is 6.07 Å². The van der Waals surface area contributed by atoms with Crippen molar-refractivity contribution >= 4 is 40.9 Å². The molecule has 0 radical (unpaired) electrons. The summed E-state index contributed by atoms with van der Waals surface area (Å²) in [4.78, 5) is 64.5. The molecule has 18 heteroatoms. The number of hydrogen-bond acceptors (Lipinski definition) is 13. The Kier molecular flexibility index (Phi) is 10.6. The third-order valence-corrected chi connectivity index (χ3v) is 8.44. The van der Waals surface area contributed by atoms with E-state index in [-0.39, 0.29) is 37.4 Å². The van der Waals surface area contributed by atoms with Gasteiger partial charge in [0.1, 0.15) is 36.9 Å². The molecule has 2 aliphatic heterocycles. The van der Waals surface area contributed by atoms with Gasteiger partial charge in [-0.2, -0.15) is 5.26 Å². The first-order valence-electron chi connectivity index (χ1n) is 14.6. The van der Waals surface area contributed by atoms with Gasteiger partial charge in [0, 0.05) is 53.5 Å². The zero-order chi connectivity index (χ0) is 33.9. The second-order valence-corrected chi connectivity index (χ2v) is 11.5. The fraction of sp³-hybridized carbons (Fsp3) is 0.607. The monoisotopic (exact) mass is 646 g/mol. The van der Waals surface area contributed by atoms with Crippen molar-refractivity contribution in [1.29, 1.82) is 5.26 Å². The number of carboxylic acid groups (broad SMARTS) is 1. The number of aliphatic hydroxyl groups excluding tert-OH is 3. The Morgan fingerprint density at radius 1 is 1.09 bits per heavy atom. The Morgan fingerprint density at radius 3 is 2.46 bits per heavy atom. The minimum atomic E-state index is -1.93. The minimum Gasteiger partial charge on any atom is -0.479 e. The molecule has 46 heavy (non-hydrogen) atoms. The van der Waals surface area contributed by atoms with Gasteiger partial charge in [-0.05, 0) is 18.4 Å². The van der Waals surface area contributed by atoms with Gasteiger partial charge in [0.05, 0.1) is 17.5 Å². The zero-order valence-electron chi connectivity index (χ0n) is 25.8. The number of hydrogen-bond donors (Lipinski definition) is 4. The maximum atomic E-state index is 13.4. The van der Waals surface area contributed by atoms with E-state index in [1.165, 1.54) is 29.9 Å². The number of nitrogens with zero attached hydrogens (tertiary/aromatic N) is 8. The molecule has 18 nitrogen and oxygen atoms in total. The molecular formula is C28H38N8O10. The number of carbonyl (C=O) groups excluding carboxylic acids is 3. The maximum absolute atomic E-state index is 13.4. The fourth-order valence-corrected chi connectivity index (χ4v) is 5.50. The molecule has 3 amide bonds. The molecule has 0 spiro atoms. The number of likely N-dealkylation sites (tertiary alicyclic amines) is 1. The Hall–Kier alpha value is -4.57. The van der Waals surface area contributed by atoms with E-state index in [2.05, 4.69) is 16.9 Å². The van der Waals surface area contributed by atoms with Gasteiger partial charge in [-0.1, -0.05) is 6.92 Å². The predicted octanol–water partition coefficient (Wildman–Crippen LogP) is -1.12. The van der Waals surface area contributed by atoms with Crippen molar-refractivity contribution in [1.82, 2.24) is 29.2 Å². The van der Waals surface area contributed by atoms with Crippen LogP contribution in [-0.2, 0) is 19.1 Å². The second-order valence-electron chi connectivity index (χ2n) is 11.5. The molecule has 4 rings (SSSR count). The lowest BCUT2D eigenvalue weighted by Crippen LogP contribution is -2.61. The van der Waals surface area contributed by atoms with E-state index in [4.69, 9.17) is 14.7 Å². The minimum absolute atomic E-state index is 0.0290. The molecule has 0 aromatic carbocycles. The molecule has 4 N–H and O–H groups in total. The van der Waals surface area contributed by atoms with Crippen LogP contribution < -0.4 is 4.90 Å². The van der Waals surface area contributed by atoms with Gasteiger partial charge in [0.2, 0.25) is 12.2 Å². The number of rotatable bonds is 8. The summed E-state index contributed by atoms with van der Waals surface area (Å²) in [5.41, 5.74) is 0.347. The van der Waals surface area contributed by atoms with Crippen molar-refractivity contribution in [2.45, 2.75) is 56.5 Å². The van der Waals surface area contributed by atoms with Crippen LogP contribution in [0.15, 0.2) is 18.6 Å². The van der Waals surface area contributed by atoms with E-state index in [0.717, 1.165) is 11.3 Å². The molecule has 2 aromatic rings. The summed E-state index contributed by atoms with van der Waals surface area (Å²) in [7, 11) is 4.72. The lowest BCUT2D eigenvalue weighted by molar-refractivity contribution is -0.279. The van der Waals surface area contributed by atoms with Crippen molar-refractivity contribution in [2.24, 2.45) is 5.92 Å². The molecule has 4 heterocycles. The average molecular weight is 647 g/mol. The molecule has 0 bridgehead atoms. The molecule has 2 aromatic heterocycles. The van der Waals surface area contributed by atoms with Crippen LogP contribution in [-0.4, -0.2) is 158 Å².